The lowest BCUT2D eigenvalue weighted by molar-refractivity contribution is -0.153. The van der Waals surface area contributed by atoms with Crippen LogP contribution in [0.2, 0.25) is 0 Å². The largest absolute Gasteiger partial charge is 0.514 e. The van der Waals surface area contributed by atoms with Crippen LogP contribution in [0, 0.1) is 5.92 Å². The Morgan fingerprint density at radius 1 is 0.805 bits per heavy atom. The van der Waals surface area contributed by atoms with Crippen molar-refractivity contribution in [1.29, 1.82) is 0 Å². The minimum absolute atomic E-state index is 0.118. The topological polar surface area (TPSA) is 161 Å². The van der Waals surface area contributed by atoms with E-state index in [2.05, 4.69) is 0 Å². The van der Waals surface area contributed by atoms with Crippen molar-refractivity contribution in [3.05, 3.63) is 23.8 Å². The molecule has 11 nitrogen and oxygen atoms in total. The summed E-state index contributed by atoms with van der Waals surface area (Å²) in [7, 11) is 0. The molecule has 0 saturated heterocycles. The average molecular weight is 582 g/mol. The zero-order valence-corrected chi connectivity index (χ0v) is 25.4. The first-order valence-electron chi connectivity index (χ1n) is 14.3. The van der Waals surface area contributed by atoms with Crippen molar-refractivity contribution < 1.29 is 48.0 Å². The minimum Gasteiger partial charge on any atom is -0.480 e. The lowest BCUT2D eigenvalue weighted by Gasteiger charge is -2.28. The van der Waals surface area contributed by atoms with Gasteiger partial charge in [-0.3, -0.25) is 9.59 Å². The van der Waals surface area contributed by atoms with Gasteiger partial charge < -0.3 is 34.5 Å². The molecule has 0 spiro atoms. The van der Waals surface area contributed by atoms with E-state index in [9.17, 15) is 24.3 Å². The molecule has 0 aromatic heterocycles. The second-order valence-corrected chi connectivity index (χ2v) is 11.0. The summed E-state index contributed by atoms with van der Waals surface area (Å²) in [5.41, 5.74) is 4.85. The van der Waals surface area contributed by atoms with Gasteiger partial charge in [0.15, 0.2) is 11.5 Å². The summed E-state index contributed by atoms with van der Waals surface area (Å²) in [5.74, 6) is -1.69. The van der Waals surface area contributed by atoms with Gasteiger partial charge in [0.25, 0.3) is 0 Å². The van der Waals surface area contributed by atoms with Crippen molar-refractivity contribution in [3.63, 3.8) is 0 Å². The van der Waals surface area contributed by atoms with E-state index in [1.54, 1.807) is 20.8 Å². The third-order valence-corrected chi connectivity index (χ3v) is 6.24. The second kappa shape index (κ2) is 17.5. The summed E-state index contributed by atoms with van der Waals surface area (Å²) in [6.45, 7) is 12.9. The van der Waals surface area contributed by atoms with E-state index in [1.165, 1.54) is 18.2 Å². The van der Waals surface area contributed by atoms with Gasteiger partial charge in [-0.05, 0) is 63.6 Å². The predicted molar refractivity (Wildman–Crippen MR) is 152 cm³/mol. The molecule has 0 amide bonds. The van der Waals surface area contributed by atoms with Crippen LogP contribution in [0.3, 0.4) is 0 Å². The highest BCUT2D eigenvalue weighted by Gasteiger charge is 2.37. The molecule has 0 radical (unpaired) electrons. The molecule has 232 valence electrons. The molecule has 0 fully saturated rings. The highest BCUT2D eigenvalue weighted by atomic mass is 16.7. The number of carboxylic acid groups (broad SMARTS) is 1. The number of aliphatic carboxylic acids is 1. The Morgan fingerprint density at radius 3 is 1.83 bits per heavy atom. The van der Waals surface area contributed by atoms with E-state index in [1.807, 2.05) is 27.7 Å². The van der Waals surface area contributed by atoms with Crippen LogP contribution in [-0.4, -0.2) is 53.2 Å². The molecule has 41 heavy (non-hydrogen) atoms. The number of ether oxygens (including phenoxy) is 5. The van der Waals surface area contributed by atoms with E-state index < -0.39 is 42.0 Å². The number of hydrogen-bond acceptors (Lipinski definition) is 10. The molecule has 0 aliphatic rings. The van der Waals surface area contributed by atoms with E-state index in [4.69, 9.17) is 29.4 Å². The number of carbonyl (C=O) groups is 4. The third-order valence-electron chi connectivity index (χ3n) is 6.24. The molecule has 1 rings (SSSR count). The lowest BCUT2D eigenvalue weighted by atomic mass is 9.86. The maximum absolute atomic E-state index is 12.5. The Labute approximate surface area is 243 Å². The smallest absolute Gasteiger partial charge is 0.480 e. The van der Waals surface area contributed by atoms with Crippen molar-refractivity contribution in [2.45, 2.75) is 124 Å². The van der Waals surface area contributed by atoms with Gasteiger partial charge in [-0.25, -0.2) is 9.59 Å². The van der Waals surface area contributed by atoms with Crippen LogP contribution < -0.4 is 15.2 Å². The standard InChI is InChI=1S/C30H47NO10/c1-8-10-20(5)38-28(35)40-24-14-13-23(16-25(24)41-29(36)39-21(6)11-9-2)18-30(31,27(33)34)17-22(7)37-26(32)15-12-19(3)4/h13-14,16,19-22H,8-12,15,17-18,31H2,1-7H3,(H,33,34)/t20?,21?,22-,30?/m0/s1. The molecule has 0 heterocycles. The molecular formula is C30H47NO10. The Kier molecular flexibility index (Phi) is 15.2. The SMILES string of the molecule is CCCC(C)OC(=O)Oc1ccc(CC(N)(C[C@H](C)OC(=O)CCC(C)C)C(=O)O)cc1OC(=O)OC(C)CCC. The van der Waals surface area contributed by atoms with E-state index in [0.717, 1.165) is 12.8 Å². The fourth-order valence-corrected chi connectivity index (χ4v) is 4.16. The number of hydrogen-bond donors (Lipinski definition) is 2. The lowest BCUT2D eigenvalue weighted by Crippen LogP contribution is -2.52. The molecule has 11 heteroatoms. The molecule has 0 saturated carbocycles. The van der Waals surface area contributed by atoms with Crippen LogP contribution in [0.4, 0.5) is 9.59 Å². The zero-order valence-electron chi connectivity index (χ0n) is 25.4. The Hall–Kier alpha value is -3.34. The van der Waals surface area contributed by atoms with Gasteiger partial charge in [0, 0.05) is 19.3 Å². The molecule has 1 aromatic carbocycles. The summed E-state index contributed by atoms with van der Waals surface area (Å²) in [5, 5.41) is 9.96. The van der Waals surface area contributed by atoms with Crippen molar-refractivity contribution in [2.75, 3.05) is 0 Å². The van der Waals surface area contributed by atoms with Crippen molar-refractivity contribution >= 4 is 24.2 Å². The fourth-order valence-electron chi connectivity index (χ4n) is 4.16. The van der Waals surface area contributed by atoms with Gasteiger partial charge in [0.2, 0.25) is 0 Å². The maximum atomic E-state index is 12.5. The van der Waals surface area contributed by atoms with Gasteiger partial charge in [0.1, 0.15) is 23.9 Å². The van der Waals surface area contributed by atoms with Gasteiger partial charge in [-0.2, -0.15) is 0 Å². The third kappa shape index (κ3) is 13.7. The van der Waals surface area contributed by atoms with Crippen molar-refractivity contribution in [3.8, 4) is 11.5 Å². The molecule has 3 N–H and O–H groups in total. The second-order valence-electron chi connectivity index (χ2n) is 11.0. The number of nitrogens with two attached hydrogens (primary N) is 1. The van der Waals surface area contributed by atoms with E-state index in [-0.39, 0.29) is 36.9 Å². The molecule has 0 aliphatic carbocycles. The van der Waals surface area contributed by atoms with Crippen LogP contribution >= 0.6 is 0 Å². The predicted octanol–water partition coefficient (Wildman–Crippen LogP) is 6.18. The van der Waals surface area contributed by atoms with E-state index in [0.29, 0.717) is 30.7 Å². The molecular weight excluding hydrogens is 534 g/mol. The van der Waals surface area contributed by atoms with Gasteiger partial charge >= 0.3 is 24.2 Å². The number of esters is 1. The normalized spacial score (nSPS) is 14.8. The maximum Gasteiger partial charge on any atom is 0.514 e. The number of benzene rings is 1. The quantitative estimate of drug-likeness (QED) is 0.123. The minimum atomic E-state index is -1.82. The first-order valence-corrected chi connectivity index (χ1v) is 14.3. The van der Waals surface area contributed by atoms with Crippen LogP contribution in [0.15, 0.2) is 18.2 Å². The first-order chi connectivity index (χ1) is 19.2. The average Bonchev–Trinajstić information content (AvgIpc) is 2.84. The molecule has 4 atom stereocenters. The van der Waals surface area contributed by atoms with Crippen LogP contribution in [-0.2, 0) is 30.2 Å². The van der Waals surface area contributed by atoms with Crippen LogP contribution in [0.25, 0.3) is 0 Å². The van der Waals surface area contributed by atoms with E-state index >= 15 is 0 Å². The monoisotopic (exact) mass is 581 g/mol. The summed E-state index contributed by atoms with van der Waals surface area (Å²) >= 11 is 0. The molecule has 3 unspecified atom stereocenters. The Bertz CT molecular complexity index is 1010. The van der Waals surface area contributed by atoms with Gasteiger partial charge in [-0.15, -0.1) is 0 Å². The summed E-state index contributed by atoms with van der Waals surface area (Å²) in [4.78, 5) is 49.2. The highest BCUT2D eigenvalue weighted by molar-refractivity contribution is 5.79. The highest BCUT2D eigenvalue weighted by Crippen LogP contribution is 2.32. The van der Waals surface area contributed by atoms with Crippen LogP contribution in [0.1, 0.15) is 99.0 Å². The van der Waals surface area contributed by atoms with Gasteiger partial charge in [0.05, 0.1) is 0 Å². The zero-order chi connectivity index (χ0) is 31.2. The van der Waals surface area contributed by atoms with Crippen molar-refractivity contribution in [2.24, 2.45) is 11.7 Å². The van der Waals surface area contributed by atoms with Gasteiger partial charge in [-0.1, -0.05) is 46.6 Å². The Morgan fingerprint density at radius 2 is 1.34 bits per heavy atom. The summed E-state index contributed by atoms with van der Waals surface area (Å²) in [6.07, 6.45) is -0.187. The van der Waals surface area contributed by atoms with Crippen LogP contribution in [0.5, 0.6) is 11.5 Å². The molecule has 1 aromatic rings. The summed E-state index contributed by atoms with van der Waals surface area (Å²) in [6, 6.07) is 4.21. The summed E-state index contributed by atoms with van der Waals surface area (Å²) < 4.78 is 26.5. The first kappa shape index (κ1) is 35.7. The molecule has 0 bridgehead atoms. The Balaban J connectivity index is 3.17. The molecule has 0 aliphatic heterocycles. The number of carbonyl (C=O) groups excluding carboxylic acids is 3. The number of carboxylic acids is 1. The fraction of sp³-hybridized carbons (Fsp3) is 0.667. The van der Waals surface area contributed by atoms with Crippen molar-refractivity contribution in [1.82, 2.24) is 0 Å². The number of rotatable bonds is 17.